The molecule has 6 nitrogen and oxygen atoms in total. The van der Waals surface area contributed by atoms with E-state index in [1.807, 2.05) is 78.4 Å². The van der Waals surface area contributed by atoms with E-state index in [1.165, 1.54) is 16.2 Å². The molecule has 0 aliphatic carbocycles. The van der Waals surface area contributed by atoms with Gasteiger partial charge in [-0.15, -0.1) is 11.3 Å². The minimum Gasteiger partial charge on any atom is -0.336 e. The minimum absolute atomic E-state index is 0.000911. The summed E-state index contributed by atoms with van der Waals surface area (Å²) in [6.07, 6.45) is 2.16. The molecule has 2 amide bonds. The van der Waals surface area contributed by atoms with Crippen LogP contribution in [0.2, 0.25) is 0 Å². The standard InChI is InChI=1S/C24H24N4O2S/c1-16-8-7-9-17(2)23(16)26-21(29)14-27(3)22(30)12-19-15-31-24-25-20(13-28(19)24)18-10-5-4-6-11-18/h4-11,13,15H,12,14H2,1-3H3,(H,26,29). The first-order chi connectivity index (χ1) is 14.9. The highest BCUT2D eigenvalue weighted by Gasteiger charge is 2.18. The van der Waals surface area contributed by atoms with Crippen molar-refractivity contribution >= 4 is 33.8 Å². The van der Waals surface area contributed by atoms with Crippen molar-refractivity contribution in [2.75, 3.05) is 18.9 Å². The first-order valence-electron chi connectivity index (χ1n) is 10.0. The number of amides is 2. The predicted octanol–water partition coefficient (Wildman–Crippen LogP) is 4.32. The van der Waals surface area contributed by atoms with E-state index in [1.54, 1.807) is 7.05 Å². The second kappa shape index (κ2) is 8.73. The van der Waals surface area contributed by atoms with E-state index in [9.17, 15) is 9.59 Å². The van der Waals surface area contributed by atoms with Gasteiger partial charge < -0.3 is 10.2 Å². The summed E-state index contributed by atoms with van der Waals surface area (Å²) in [5.74, 6) is -0.330. The molecule has 1 N–H and O–H groups in total. The molecule has 0 fully saturated rings. The number of para-hydroxylation sites is 1. The second-order valence-electron chi connectivity index (χ2n) is 7.61. The first kappa shape index (κ1) is 20.8. The van der Waals surface area contributed by atoms with Crippen molar-refractivity contribution < 1.29 is 9.59 Å². The molecule has 0 radical (unpaired) electrons. The molecule has 4 rings (SSSR count). The molecule has 0 aliphatic heterocycles. The highest BCUT2D eigenvalue weighted by atomic mass is 32.1. The Morgan fingerprint density at radius 3 is 2.48 bits per heavy atom. The molecular formula is C24H24N4O2S. The number of aromatic nitrogens is 2. The van der Waals surface area contributed by atoms with Crippen LogP contribution in [-0.4, -0.2) is 39.7 Å². The number of anilines is 1. The van der Waals surface area contributed by atoms with Gasteiger partial charge >= 0.3 is 0 Å². The molecule has 31 heavy (non-hydrogen) atoms. The van der Waals surface area contributed by atoms with Gasteiger partial charge in [0.1, 0.15) is 0 Å². The zero-order valence-electron chi connectivity index (χ0n) is 17.8. The molecule has 0 saturated carbocycles. The predicted molar refractivity (Wildman–Crippen MR) is 124 cm³/mol. The number of hydrogen-bond donors (Lipinski definition) is 1. The zero-order valence-corrected chi connectivity index (χ0v) is 18.6. The SMILES string of the molecule is Cc1cccc(C)c1NC(=O)CN(C)C(=O)Cc1csc2nc(-c3ccccc3)cn12. The van der Waals surface area contributed by atoms with Crippen LogP contribution in [0, 0.1) is 13.8 Å². The molecule has 2 aromatic heterocycles. The summed E-state index contributed by atoms with van der Waals surface area (Å²) in [5, 5.41) is 4.87. The maximum Gasteiger partial charge on any atom is 0.243 e. The van der Waals surface area contributed by atoms with Crippen molar-refractivity contribution in [3.63, 3.8) is 0 Å². The van der Waals surface area contributed by atoms with Gasteiger partial charge in [0.05, 0.1) is 18.7 Å². The second-order valence-corrected chi connectivity index (χ2v) is 8.45. The maximum atomic E-state index is 12.8. The van der Waals surface area contributed by atoms with E-state index in [-0.39, 0.29) is 24.8 Å². The van der Waals surface area contributed by atoms with Crippen LogP contribution in [0.1, 0.15) is 16.8 Å². The number of hydrogen-bond acceptors (Lipinski definition) is 4. The van der Waals surface area contributed by atoms with E-state index in [2.05, 4.69) is 10.3 Å². The first-order valence-corrected chi connectivity index (χ1v) is 10.9. The Morgan fingerprint density at radius 2 is 1.77 bits per heavy atom. The lowest BCUT2D eigenvalue weighted by Crippen LogP contribution is -2.36. The number of benzene rings is 2. The number of nitrogens with one attached hydrogen (secondary N) is 1. The van der Waals surface area contributed by atoms with E-state index >= 15 is 0 Å². The molecule has 0 atom stereocenters. The number of carbonyl (C=O) groups excluding carboxylic acids is 2. The Kier molecular flexibility index (Phi) is 5.86. The Balaban J connectivity index is 1.42. The van der Waals surface area contributed by atoms with Gasteiger partial charge in [-0.05, 0) is 25.0 Å². The van der Waals surface area contributed by atoms with Gasteiger partial charge in [0.2, 0.25) is 11.8 Å². The molecule has 0 spiro atoms. The smallest absolute Gasteiger partial charge is 0.243 e. The lowest BCUT2D eigenvalue weighted by molar-refractivity contribution is -0.132. The molecule has 0 bridgehead atoms. The van der Waals surface area contributed by atoms with Crippen LogP contribution in [0.5, 0.6) is 0 Å². The van der Waals surface area contributed by atoms with Gasteiger partial charge in [-0.1, -0.05) is 48.5 Å². The fraction of sp³-hybridized carbons (Fsp3) is 0.208. The molecular weight excluding hydrogens is 408 g/mol. The number of carbonyl (C=O) groups is 2. The Morgan fingerprint density at radius 1 is 1.06 bits per heavy atom. The number of nitrogens with zero attached hydrogens (tertiary/aromatic N) is 3. The van der Waals surface area contributed by atoms with E-state index < -0.39 is 0 Å². The fourth-order valence-corrected chi connectivity index (χ4v) is 4.36. The molecule has 7 heteroatoms. The summed E-state index contributed by atoms with van der Waals surface area (Å²) >= 11 is 1.50. The van der Waals surface area contributed by atoms with Crippen molar-refractivity contribution in [3.8, 4) is 11.3 Å². The quantitative estimate of drug-likeness (QED) is 0.493. The molecule has 0 aliphatic rings. The summed E-state index contributed by atoms with van der Waals surface area (Å²) in [5.41, 5.74) is 5.58. The van der Waals surface area contributed by atoms with Crippen LogP contribution in [0.4, 0.5) is 5.69 Å². The highest BCUT2D eigenvalue weighted by Crippen LogP contribution is 2.24. The summed E-state index contributed by atoms with van der Waals surface area (Å²) in [6, 6.07) is 15.8. The highest BCUT2D eigenvalue weighted by molar-refractivity contribution is 7.15. The van der Waals surface area contributed by atoms with Crippen LogP contribution in [0.25, 0.3) is 16.2 Å². The Hall–Kier alpha value is -3.45. The van der Waals surface area contributed by atoms with E-state index in [0.717, 1.165) is 38.7 Å². The van der Waals surface area contributed by atoms with Gasteiger partial charge in [-0.3, -0.25) is 14.0 Å². The molecule has 158 valence electrons. The zero-order chi connectivity index (χ0) is 22.0. The summed E-state index contributed by atoms with van der Waals surface area (Å²) in [4.78, 5) is 32.2. The monoisotopic (exact) mass is 432 g/mol. The van der Waals surface area contributed by atoms with Gasteiger partial charge in [0.15, 0.2) is 4.96 Å². The number of rotatable bonds is 6. The van der Waals surface area contributed by atoms with Crippen molar-refractivity contribution in [2.45, 2.75) is 20.3 Å². The van der Waals surface area contributed by atoms with Crippen molar-refractivity contribution in [1.82, 2.24) is 14.3 Å². The largest absolute Gasteiger partial charge is 0.336 e. The molecule has 2 aromatic carbocycles. The van der Waals surface area contributed by atoms with Crippen LogP contribution in [-0.2, 0) is 16.0 Å². The van der Waals surface area contributed by atoms with Crippen LogP contribution in [0.3, 0.4) is 0 Å². The lowest BCUT2D eigenvalue weighted by Gasteiger charge is -2.18. The summed E-state index contributed by atoms with van der Waals surface area (Å²) < 4.78 is 1.95. The normalized spacial score (nSPS) is 10.9. The Labute approximate surface area is 185 Å². The Bertz CT molecular complexity index is 1220. The lowest BCUT2D eigenvalue weighted by atomic mass is 10.1. The molecule has 2 heterocycles. The number of thiazole rings is 1. The average Bonchev–Trinajstić information content (AvgIpc) is 3.33. The van der Waals surface area contributed by atoms with Gasteiger partial charge in [0.25, 0.3) is 0 Å². The minimum atomic E-state index is -0.210. The molecule has 0 saturated heterocycles. The van der Waals surface area contributed by atoms with Crippen LogP contribution in [0.15, 0.2) is 60.1 Å². The molecule has 4 aromatic rings. The third-order valence-electron chi connectivity index (χ3n) is 5.24. The van der Waals surface area contributed by atoms with Crippen LogP contribution < -0.4 is 5.32 Å². The van der Waals surface area contributed by atoms with Gasteiger partial charge in [-0.2, -0.15) is 0 Å². The van der Waals surface area contributed by atoms with Crippen molar-refractivity contribution in [1.29, 1.82) is 0 Å². The number of aryl methyl sites for hydroxylation is 2. The van der Waals surface area contributed by atoms with Crippen molar-refractivity contribution in [3.05, 3.63) is 76.9 Å². The molecule has 0 unspecified atom stereocenters. The van der Waals surface area contributed by atoms with Crippen LogP contribution >= 0.6 is 11.3 Å². The van der Waals surface area contributed by atoms with E-state index in [0.29, 0.717) is 0 Å². The van der Waals surface area contributed by atoms with Crippen molar-refractivity contribution in [2.24, 2.45) is 0 Å². The third-order valence-corrected chi connectivity index (χ3v) is 6.13. The number of fused-ring (bicyclic) bond motifs is 1. The number of imidazole rings is 1. The summed E-state index contributed by atoms with van der Waals surface area (Å²) in [6.45, 7) is 3.90. The van der Waals surface area contributed by atoms with E-state index in [4.69, 9.17) is 0 Å². The number of likely N-dealkylation sites (N-methyl/N-ethyl adjacent to an activating group) is 1. The maximum absolute atomic E-state index is 12.8. The summed E-state index contributed by atoms with van der Waals surface area (Å²) in [7, 11) is 1.65. The third kappa shape index (κ3) is 4.51. The average molecular weight is 433 g/mol. The fourth-order valence-electron chi connectivity index (χ4n) is 3.49. The topological polar surface area (TPSA) is 66.7 Å². The van der Waals surface area contributed by atoms with Gasteiger partial charge in [-0.25, -0.2) is 4.98 Å². The van der Waals surface area contributed by atoms with Gasteiger partial charge in [0, 0.05) is 35.6 Å².